The Kier molecular flexibility index (Phi) is 7.60. The highest BCUT2D eigenvalue weighted by Crippen LogP contribution is 2.28. The summed E-state index contributed by atoms with van der Waals surface area (Å²) in [7, 11) is -6.98. The Hall–Kier alpha value is -1.00. The lowest BCUT2D eigenvalue weighted by Crippen LogP contribution is -2.25. The molecule has 26 heavy (non-hydrogen) atoms. The van der Waals surface area contributed by atoms with E-state index < -0.39 is 20.1 Å². The van der Waals surface area contributed by atoms with Crippen LogP contribution in [0.25, 0.3) is 10.8 Å². The van der Waals surface area contributed by atoms with E-state index in [1.54, 1.807) is 18.2 Å². The van der Waals surface area contributed by atoms with Gasteiger partial charge in [0, 0.05) is 16.4 Å². The minimum Gasteiger partial charge on any atom is -0.270 e. The van der Waals surface area contributed by atoms with Crippen molar-refractivity contribution in [2.24, 2.45) is 0 Å². The SMILES string of the molecule is CS(=O)(=O)OCCCCCCNS(=O)(=O)c1cccc2c(Br)cccc12. The largest absolute Gasteiger partial charge is 0.270 e. The van der Waals surface area contributed by atoms with Crippen molar-refractivity contribution in [1.82, 2.24) is 4.72 Å². The molecule has 0 saturated heterocycles. The van der Waals surface area contributed by atoms with E-state index in [-0.39, 0.29) is 11.5 Å². The maximum atomic E-state index is 12.6. The van der Waals surface area contributed by atoms with Crippen LogP contribution in [-0.2, 0) is 24.3 Å². The van der Waals surface area contributed by atoms with Crippen molar-refractivity contribution in [3.8, 4) is 0 Å². The maximum absolute atomic E-state index is 12.6. The van der Waals surface area contributed by atoms with Gasteiger partial charge in [-0.05, 0) is 30.4 Å². The predicted molar refractivity (Wildman–Crippen MR) is 106 cm³/mol. The molecule has 0 aromatic heterocycles. The number of unbranched alkanes of at least 4 members (excludes halogenated alkanes) is 3. The van der Waals surface area contributed by atoms with E-state index in [0.29, 0.717) is 24.8 Å². The van der Waals surface area contributed by atoms with Gasteiger partial charge in [0.1, 0.15) is 0 Å². The molecule has 0 saturated carbocycles. The third-order valence-corrected chi connectivity index (χ3v) is 6.58. The van der Waals surface area contributed by atoms with Crippen molar-refractivity contribution < 1.29 is 21.0 Å². The molecule has 2 rings (SSSR count). The molecule has 144 valence electrons. The number of halogens is 1. The third kappa shape index (κ3) is 6.31. The lowest BCUT2D eigenvalue weighted by Gasteiger charge is -2.10. The van der Waals surface area contributed by atoms with E-state index in [1.807, 2.05) is 18.2 Å². The number of benzene rings is 2. The normalized spacial score (nSPS) is 12.5. The van der Waals surface area contributed by atoms with Crippen LogP contribution in [0.4, 0.5) is 0 Å². The van der Waals surface area contributed by atoms with Crippen molar-refractivity contribution in [1.29, 1.82) is 0 Å². The number of sulfonamides is 1. The Bertz CT molecular complexity index is 958. The number of rotatable bonds is 10. The van der Waals surface area contributed by atoms with Crippen LogP contribution >= 0.6 is 15.9 Å². The molecule has 0 aliphatic carbocycles. The molecule has 2 aromatic rings. The van der Waals surface area contributed by atoms with Gasteiger partial charge in [0.15, 0.2) is 0 Å². The summed E-state index contributed by atoms with van der Waals surface area (Å²) in [5.74, 6) is 0. The number of fused-ring (bicyclic) bond motifs is 1. The Morgan fingerprint density at radius 3 is 2.31 bits per heavy atom. The molecule has 0 heterocycles. The fourth-order valence-corrected chi connectivity index (χ4v) is 4.77. The first-order valence-electron chi connectivity index (χ1n) is 8.22. The van der Waals surface area contributed by atoms with Crippen LogP contribution in [0.15, 0.2) is 45.8 Å². The van der Waals surface area contributed by atoms with Crippen molar-refractivity contribution in [2.45, 2.75) is 30.6 Å². The van der Waals surface area contributed by atoms with E-state index in [0.717, 1.165) is 29.0 Å². The van der Waals surface area contributed by atoms with Gasteiger partial charge < -0.3 is 0 Å². The van der Waals surface area contributed by atoms with Gasteiger partial charge in [0.2, 0.25) is 10.0 Å². The van der Waals surface area contributed by atoms with Crippen LogP contribution in [-0.4, -0.2) is 36.2 Å². The van der Waals surface area contributed by atoms with Gasteiger partial charge >= 0.3 is 0 Å². The molecule has 0 atom stereocenters. The fraction of sp³-hybridized carbons (Fsp3) is 0.412. The van der Waals surface area contributed by atoms with Gasteiger partial charge in [-0.1, -0.05) is 53.0 Å². The second-order valence-corrected chi connectivity index (χ2v) is 10.2. The van der Waals surface area contributed by atoms with Gasteiger partial charge in [0.25, 0.3) is 10.1 Å². The molecular weight excluding hydrogens is 442 g/mol. The highest BCUT2D eigenvalue weighted by molar-refractivity contribution is 9.10. The molecular formula is C17H22BrNO5S2. The highest BCUT2D eigenvalue weighted by Gasteiger charge is 2.17. The average molecular weight is 464 g/mol. The number of nitrogens with one attached hydrogen (secondary N) is 1. The second kappa shape index (κ2) is 9.27. The quantitative estimate of drug-likeness (QED) is 0.430. The molecule has 2 aromatic carbocycles. The summed E-state index contributed by atoms with van der Waals surface area (Å²) >= 11 is 3.44. The van der Waals surface area contributed by atoms with Crippen LogP contribution in [0.5, 0.6) is 0 Å². The molecule has 0 bridgehead atoms. The second-order valence-electron chi connectivity index (χ2n) is 5.93. The third-order valence-electron chi connectivity index (χ3n) is 3.78. The molecule has 0 radical (unpaired) electrons. The van der Waals surface area contributed by atoms with Crippen molar-refractivity contribution in [3.63, 3.8) is 0 Å². The highest BCUT2D eigenvalue weighted by atomic mass is 79.9. The molecule has 0 aliphatic rings. The summed E-state index contributed by atoms with van der Waals surface area (Å²) in [5.41, 5.74) is 0. The van der Waals surface area contributed by atoms with Crippen LogP contribution in [0.1, 0.15) is 25.7 Å². The Balaban J connectivity index is 1.86. The lowest BCUT2D eigenvalue weighted by atomic mass is 10.1. The van der Waals surface area contributed by atoms with E-state index >= 15 is 0 Å². The van der Waals surface area contributed by atoms with Crippen molar-refractivity contribution in [3.05, 3.63) is 40.9 Å². The summed E-state index contributed by atoms with van der Waals surface area (Å²) in [6, 6.07) is 10.7. The Labute approximate surface area is 163 Å². The standard InChI is InChI=1S/C17H22BrNO5S2/c1-25(20,21)24-13-5-3-2-4-12-19-26(22,23)17-11-7-8-14-15(17)9-6-10-16(14)18/h6-11,19H,2-5,12-13H2,1H3. The van der Waals surface area contributed by atoms with Crippen molar-refractivity contribution >= 4 is 46.8 Å². The van der Waals surface area contributed by atoms with Gasteiger partial charge in [0.05, 0.1) is 17.8 Å². The van der Waals surface area contributed by atoms with E-state index in [1.165, 1.54) is 0 Å². The fourth-order valence-electron chi connectivity index (χ4n) is 2.55. The van der Waals surface area contributed by atoms with Gasteiger partial charge in [-0.2, -0.15) is 8.42 Å². The van der Waals surface area contributed by atoms with E-state index in [2.05, 4.69) is 24.8 Å². The molecule has 0 unspecified atom stereocenters. The zero-order valence-electron chi connectivity index (χ0n) is 14.4. The average Bonchev–Trinajstić information content (AvgIpc) is 2.56. The first-order valence-corrected chi connectivity index (χ1v) is 12.3. The lowest BCUT2D eigenvalue weighted by molar-refractivity contribution is 0.310. The summed E-state index contributed by atoms with van der Waals surface area (Å²) < 4.78 is 55.0. The van der Waals surface area contributed by atoms with Gasteiger partial charge in [-0.25, -0.2) is 13.1 Å². The molecule has 9 heteroatoms. The van der Waals surface area contributed by atoms with E-state index in [4.69, 9.17) is 0 Å². The summed E-state index contributed by atoms with van der Waals surface area (Å²) in [6.07, 6.45) is 3.88. The monoisotopic (exact) mass is 463 g/mol. The summed E-state index contributed by atoms with van der Waals surface area (Å²) in [5, 5.41) is 1.52. The number of hydrogen-bond donors (Lipinski definition) is 1. The van der Waals surface area contributed by atoms with Crippen LogP contribution in [0.2, 0.25) is 0 Å². The maximum Gasteiger partial charge on any atom is 0.264 e. The summed E-state index contributed by atoms with van der Waals surface area (Å²) in [4.78, 5) is 0.262. The van der Waals surface area contributed by atoms with Gasteiger partial charge in [-0.15, -0.1) is 0 Å². The first-order chi connectivity index (χ1) is 12.2. The minimum absolute atomic E-state index is 0.162. The zero-order valence-corrected chi connectivity index (χ0v) is 17.7. The Morgan fingerprint density at radius 2 is 1.58 bits per heavy atom. The zero-order chi connectivity index (χ0) is 19.2. The topological polar surface area (TPSA) is 89.5 Å². The van der Waals surface area contributed by atoms with Crippen LogP contribution in [0.3, 0.4) is 0 Å². The van der Waals surface area contributed by atoms with Crippen molar-refractivity contribution in [2.75, 3.05) is 19.4 Å². The number of hydrogen-bond acceptors (Lipinski definition) is 5. The molecule has 0 aliphatic heterocycles. The Morgan fingerprint density at radius 1 is 0.923 bits per heavy atom. The van der Waals surface area contributed by atoms with Crippen LogP contribution in [0, 0.1) is 0 Å². The first kappa shape index (κ1) is 21.3. The van der Waals surface area contributed by atoms with E-state index in [9.17, 15) is 16.8 Å². The molecule has 6 nitrogen and oxygen atoms in total. The minimum atomic E-state index is -3.60. The van der Waals surface area contributed by atoms with Crippen LogP contribution < -0.4 is 4.72 Å². The summed E-state index contributed by atoms with van der Waals surface area (Å²) in [6.45, 7) is 0.495. The smallest absolute Gasteiger partial charge is 0.264 e. The predicted octanol–water partition coefficient (Wildman–Crippen LogP) is 3.42. The molecule has 0 amide bonds. The molecule has 1 N–H and O–H groups in total. The molecule has 0 fully saturated rings. The van der Waals surface area contributed by atoms with Gasteiger partial charge in [-0.3, -0.25) is 4.18 Å². The molecule has 0 spiro atoms.